The molecule has 2 N–H and O–H groups in total. The van der Waals surface area contributed by atoms with Crippen LogP contribution in [0.3, 0.4) is 0 Å². The minimum absolute atomic E-state index is 0.117. The average Bonchev–Trinajstić information content (AvgIpc) is 2.53. The summed E-state index contributed by atoms with van der Waals surface area (Å²) in [7, 11) is 1.24. The van der Waals surface area contributed by atoms with Gasteiger partial charge in [-0.25, -0.2) is 0 Å². The van der Waals surface area contributed by atoms with E-state index in [4.69, 9.17) is 10.00 Å². The lowest BCUT2D eigenvalue weighted by atomic mass is 10.1. The van der Waals surface area contributed by atoms with E-state index in [0.717, 1.165) is 18.9 Å². The molecule has 1 aromatic carbocycles. The maximum atomic E-state index is 11.9. The van der Waals surface area contributed by atoms with Crippen LogP contribution in [-0.2, 0) is 4.79 Å². The molecule has 0 bridgehead atoms. The third kappa shape index (κ3) is 4.71. The lowest BCUT2D eigenvalue weighted by Crippen LogP contribution is -2.25. The van der Waals surface area contributed by atoms with Gasteiger partial charge < -0.3 is 15.2 Å². The molecular formula is C15H17N3O5. The number of phenols is 1. The highest BCUT2D eigenvalue weighted by molar-refractivity contribution is 6.01. The van der Waals surface area contributed by atoms with Crippen LogP contribution >= 0.6 is 0 Å². The first-order chi connectivity index (χ1) is 10.9. The third-order valence-electron chi connectivity index (χ3n) is 2.99. The topological polar surface area (TPSA) is 125 Å². The van der Waals surface area contributed by atoms with Crippen LogP contribution in [0.4, 0.5) is 5.69 Å². The second kappa shape index (κ2) is 8.38. The van der Waals surface area contributed by atoms with E-state index < -0.39 is 22.3 Å². The number of methoxy groups -OCH3 is 1. The van der Waals surface area contributed by atoms with E-state index in [1.807, 2.05) is 6.92 Å². The van der Waals surface area contributed by atoms with Crippen molar-refractivity contribution in [1.82, 2.24) is 5.32 Å². The molecule has 0 aliphatic carbocycles. The second-order valence-corrected chi connectivity index (χ2v) is 4.63. The van der Waals surface area contributed by atoms with E-state index in [0.29, 0.717) is 6.54 Å². The number of carbonyl (C=O) groups excluding carboxylic acids is 1. The fourth-order valence-corrected chi connectivity index (χ4v) is 1.78. The van der Waals surface area contributed by atoms with E-state index >= 15 is 0 Å². The van der Waals surface area contributed by atoms with Crippen molar-refractivity contribution < 1.29 is 19.6 Å². The smallest absolute Gasteiger partial charge is 0.315 e. The standard InChI is InChI=1S/C15H17N3O5/c1-3-4-5-17-15(20)11(9-16)6-10-7-12(18(21)22)14(19)13(8-10)23-2/h6-8,19H,3-5H2,1-2H3,(H,17,20)/b11-6-. The lowest BCUT2D eigenvalue weighted by molar-refractivity contribution is -0.386. The van der Waals surface area contributed by atoms with Gasteiger partial charge in [0.1, 0.15) is 11.6 Å². The molecule has 0 unspecified atom stereocenters. The zero-order chi connectivity index (χ0) is 17.4. The lowest BCUT2D eigenvalue weighted by Gasteiger charge is -2.06. The minimum Gasteiger partial charge on any atom is -0.500 e. The Hall–Kier alpha value is -3.08. The molecule has 1 amide bonds. The number of nitriles is 1. The molecule has 0 spiro atoms. The molecule has 0 aromatic heterocycles. The number of nitro benzene ring substituents is 1. The third-order valence-corrected chi connectivity index (χ3v) is 2.99. The van der Waals surface area contributed by atoms with Gasteiger partial charge in [0.05, 0.1) is 12.0 Å². The van der Waals surface area contributed by atoms with Crippen molar-refractivity contribution in [3.63, 3.8) is 0 Å². The number of carbonyl (C=O) groups is 1. The number of nitro groups is 1. The quantitative estimate of drug-likeness (QED) is 0.261. The van der Waals surface area contributed by atoms with Crippen molar-refractivity contribution >= 4 is 17.7 Å². The van der Waals surface area contributed by atoms with Crippen LogP contribution < -0.4 is 10.1 Å². The number of benzene rings is 1. The largest absolute Gasteiger partial charge is 0.500 e. The zero-order valence-electron chi connectivity index (χ0n) is 12.8. The molecule has 0 saturated heterocycles. The first-order valence-corrected chi connectivity index (χ1v) is 6.90. The predicted molar refractivity (Wildman–Crippen MR) is 82.8 cm³/mol. The molecule has 1 rings (SSSR count). The van der Waals surface area contributed by atoms with Crippen molar-refractivity contribution in [1.29, 1.82) is 5.26 Å². The van der Waals surface area contributed by atoms with Crippen molar-refractivity contribution in [2.45, 2.75) is 19.8 Å². The maximum absolute atomic E-state index is 11.9. The Morgan fingerprint density at radius 2 is 2.26 bits per heavy atom. The summed E-state index contributed by atoms with van der Waals surface area (Å²) in [6, 6.07) is 4.12. The van der Waals surface area contributed by atoms with Crippen LogP contribution in [-0.4, -0.2) is 29.6 Å². The van der Waals surface area contributed by atoms with Gasteiger partial charge in [-0.3, -0.25) is 14.9 Å². The number of phenolic OH excluding ortho intramolecular Hbond substituents is 1. The number of unbranched alkanes of at least 4 members (excludes halogenated alkanes) is 1. The van der Waals surface area contributed by atoms with Crippen LogP contribution in [0.1, 0.15) is 25.3 Å². The summed E-state index contributed by atoms with van der Waals surface area (Å²) >= 11 is 0. The van der Waals surface area contributed by atoms with Crippen LogP contribution in [0.2, 0.25) is 0 Å². The molecule has 0 aliphatic rings. The van der Waals surface area contributed by atoms with E-state index in [1.165, 1.54) is 19.3 Å². The molecule has 1 aromatic rings. The van der Waals surface area contributed by atoms with Crippen LogP contribution in [0, 0.1) is 21.4 Å². The van der Waals surface area contributed by atoms with Crippen molar-refractivity contribution in [3.8, 4) is 17.6 Å². The number of ether oxygens (including phenoxy) is 1. The van der Waals surface area contributed by atoms with Gasteiger partial charge >= 0.3 is 5.69 Å². The SMILES string of the molecule is CCCCNC(=O)/C(C#N)=C\c1cc(OC)c(O)c([N+](=O)[O-])c1. The Labute approximate surface area is 133 Å². The number of nitrogens with one attached hydrogen (secondary N) is 1. The fourth-order valence-electron chi connectivity index (χ4n) is 1.78. The summed E-state index contributed by atoms with van der Waals surface area (Å²) in [5, 5.41) is 32.3. The molecule has 8 heteroatoms. The molecule has 0 saturated carbocycles. The van der Waals surface area contributed by atoms with Gasteiger partial charge in [-0.1, -0.05) is 13.3 Å². The monoisotopic (exact) mass is 319 g/mol. The first-order valence-electron chi connectivity index (χ1n) is 6.90. The molecule has 0 fully saturated rings. The van der Waals surface area contributed by atoms with Crippen molar-refractivity contribution in [3.05, 3.63) is 33.4 Å². The Balaban J connectivity index is 3.18. The van der Waals surface area contributed by atoms with Gasteiger partial charge in [0.15, 0.2) is 5.75 Å². The Morgan fingerprint density at radius 3 is 2.78 bits per heavy atom. The van der Waals surface area contributed by atoms with E-state index in [9.17, 15) is 20.0 Å². The van der Waals surface area contributed by atoms with Crippen LogP contribution in [0.5, 0.6) is 11.5 Å². The van der Waals surface area contributed by atoms with Crippen LogP contribution in [0.25, 0.3) is 6.08 Å². The number of aromatic hydroxyl groups is 1. The Bertz CT molecular complexity index is 676. The molecule has 122 valence electrons. The van der Waals surface area contributed by atoms with Gasteiger partial charge in [-0.05, 0) is 24.1 Å². The van der Waals surface area contributed by atoms with Crippen molar-refractivity contribution in [2.24, 2.45) is 0 Å². The Morgan fingerprint density at radius 1 is 1.57 bits per heavy atom. The maximum Gasteiger partial charge on any atom is 0.315 e. The number of nitrogens with zero attached hydrogens (tertiary/aromatic N) is 2. The highest BCUT2D eigenvalue weighted by Gasteiger charge is 2.20. The highest BCUT2D eigenvalue weighted by atomic mass is 16.6. The summed E-state index contributed by atoms with van der Waals surface area (Å²) in [5.74, 6) is -1.29. The summed E-state index contributed by atoms with van der Waals surface area (Å²) in [6.45, 7) is 2.41. The fraction of sp³-hybridized carbons (Fsp3) is 0.333. The van der Waals surface area contributed by atoms with E-state index in [-0.39, 0.29) is 16.9 Å². The number of amides is 1. The van der Waals surface area contributed by atoms with Gasteiger partial charge in [-0.15, -0.1) is 0 Å². The van der Waals surface area contributed by atoms with Crippen LogP contribution in [0.15, 0.2) is 17.7 Å². The van der Waals surface area contributed by atoms with E-state index in [2.05, 4.69) is 5.32 Å². The van der Waals surface area contributed by atoms with Gasteiger partial charge in [0.2, 0.25) is 5.75 Å². The number of hydrogen-bond donors (Lipinski definition) is 2. The van der Waals surface area contributed by atoms with Gasteiger partial charge in [0, 0.05) is 12.6 Å². The normalized spacial score (nSPS) is 10.7. The zero-order valence-corrected chi connectivity index (χ0v) is 12.8. The molecule has 8 nitrogen and oxygen atoms in total. The summed E-state index contributed by atoms with van der Waals surface area (Å²) < 4.78 is 4.86. The molecule has 0 radical (unpaired) electrons. The van der Waals surface area contributed by atoms with Gasteiger partial charge in [0.25, 0.3) is 5.91 Å². The number of hydrogen-bond acceptors (Lipinski definition) is 6. The molecule has 0 atom stereocenters. The van der Waals surface area contributed by atoms with Crippen molar-refractivity contribution in [2.75, 3.05) is 13.7 Å². The minimum atomic E-state index is -0.775. The molecule has 23 heavy (non-hydrogen) atoms. The summed E-state index contributed by atoms with van der Waals surface area (Å²) in [6.07, 6.45) is 2.88. The van der Waals surface area contributed by atoms with E-state index in [1.54, 1.807) is 6.07 Å². The average molecular weight is 319 g/mol. The molecular weight excluding hydrogens is 302 g/mol. The number of rotatable bonds is 7. The summed E-state index contributed by atoms with van der Waals surface area (Å²) in [4.78, 5) is 22.0. The Kier molecular flexibility index (Phi) is 6.55. The molecule has 0 aliphatic heterocycles. The highest BCUT2D eigenvalue weighted by Crippen LogP contribution is 2.37. The summed E-state index contributed by atoms with van der Waals surface area (Å²) in [5.41, 5.74) is -0.559. The second-order valence-electron chi connectivity index (χ2n) is 4.63. The molecule has 0 heterocycles. The van der Waals surface area contributed by atoms with Gasteiger partial charge in [-0.2, -0.15) is 5.26 Å². The first kappa shape index (κ1) is 18.0. The predicted octanol–water partition coefficient (Wildman–Crippen LogP) is 2.13.